The molecule has 0 saturated heterocycles. The predicted molar refractivity (Wildman–Crippen MR) is 71.8 cm³/mol. The Morgan fingerprint density at radius 2 is 2.06 bits per heavy atom. The quantitative estimate of drug-likeness (QED) is 0.597. The van der Waals surface area contributed by atoms with Crippen LogP contribution in [-0.2, 0) is 16.6 Å². The molecule has 1 aromatic rings. The average molecular weight is 274 g/mol. The van der Waals surface area contributed by atoms with Crippen molar-refractivity contribution in [1.29, 1.82) is 0 Å². The monoisotopic (exact) mass is 274 g/mol. The molecule has 0 aliphatic carbocycles. The molecule has 0 radical (unpaired) electrons. The van der Waals surface area contributed by atoms with Crippen molar-refractivity contribution in [2.45, 2.75) is 25.8 Å². The van der Waals surface area contributed by atoms with Crippen LogP contribution in [0.4, 0.5) is 0 Å². The molecule has 1 heterocycles. The Morgan fingerprint density at radius 1 is 1.22 bits per heavy atom. The fraction of sp³-hybridized carbons (Fsp3) is 0.727. The van der Waals surface area contributed by atoms with Gasteiger partial charge >= 0.3 is 0 Å². The van der Waals surface area contributed by atoms with Crippen LogP contribution in [0.15, 0.2) is 18.5 Å². The summed E-state index contributed by atoms with van der Waals surface area (Å²) in [6.07, 6.45) is 5.90. The fourth-order valence-corrected chi connectivity index (χ4v) is 2.75. The van der Waals surface area contributed by atoms with Crippen molar-refractivity contribution in [2.24, 2.45) is 0 Å². The Labute approximate surface area is 109 Å². The van der Waals surface area contributed by atoms with Crippen LogP contribution in [0.25, 0.3) is 0 Å². The lowest BCUT2D eigenvalue weighted by molar-refractivity contribution is 0.550. The zero-order valence-electron chi connectivity index (χ0n) is 10.8. The molecule has 0 amide bonds. The van der Waals surface area contributed by atoms with Gasteiger partial charge in [-0.25, -0.2) is 13.1 Å². The van der Waals surface area contributed by atoms with E-state index >= 15 is 0 Å². The summed E-state index contributed by atoms with van der Waals surface area (Å²) in [5, 5.41) is 7.05. The number of nitrogens with zero attached hydrogens (tertiary/aromatic N) is 2. The molecule has 0 aliphatic heterocycles. The highest BCUT2D eigenvalue weighted by Crippen LogP contribution is 1.95. The van der Waals surface area contributed by atoms with E-state index in [9.17, 15) is 8.42 Å². The highest BCUT2D eigenvalue weighted by Gasteiger charge is 2.08. The van der Waals surface area contributed by atoms with E-state index in [1.54, 1.807) is 10.9 Å². The van der Waals surface area contributed by atoms with Gasteiger partial charge in [0.25, 0.3) is 0 Å². The van der Waals surface area contributed by atoms with Crippen LogP contribution >= 0.6 is 0 Å². The van der Waals surface area contributed by atoms with Gasteiger partial charge in [-0.1, -0.05) is 0 Å². The number of hydrogen-bond acceptors (Lipinski definition) is 4. The number of hydrogen-bond donors (Lipinski definition) is 2. The maximum Gasteiger partial charge on any atom is 0.211 e. The number of aromatic nitrogens is 2. The number of sulfonamides is 1. The molecule has 0 spiro atoms. The van der Waals surface area contributed by atoms with Crippen molar-refractivity contribution in [3.8, 4) is 0 Å². The first-order chi connectivity index (χ1) is 8.64. The zero-order valence-corrected chi connectivity index (χ0v) is 11.6. The van der Waals surface area contributed by atoms with Gasteiger partial charge in [-0.2, -0.15) is 5.10 Å². The maximum atomic E-state index is 11.6. The number of unbranched alkanes of at least 4 members (excludes halogenated alkanes) is 1. The van der Waals surface area contributed by atoms with Crippen LogP contribution in [0.1, 0.15) is 19.3 Å². The van der Waals surface area contributed by atoms with E-state index in [4.69, 9.17) is 0 Å². The van der Waals surface area contributed by atoms with Crippen molar-refractivity contribution in [3.05, 3.63) is 18.5 Å². The van der Waals surface area contributed by atoms with E-state index in [2.05, 4.69) is 15.1 Å². The van der Waals surface area contributed by atoms with Crippen molar-refractivity contribution in [2.75, 3.05) is 25.9 Å². The van der Waals surface area contributed by atoms with Crippen molar-refractivity contribution >= 4 is 10.0 Å². The molecule has 0 aliphatic rings. The Bertz CT molecular complexity index is 403. The van der Waals surface area contributed by atoms with Gasteiger partial charge in [0.05, 0.1) is 5.75 Å². The molecule has 1 rings (SSSR count). The molecule has 1 aromatic heterocycles. The Kier molecular flexibility index (Phi) is 6.92. The number of rotatable bonds is 10. The van der Waals surface area contributed by atoms with E-state index in [1.807, 2.05) is 19.3 Å². The third-order valence-electron chi connectivity index (χ3n) is 2.53. The molecular formula is C11H22N4O2S. The van der Waals surface area contributed by atoms with E-state index in [-0.39, 0.29) is 5.75 Å². The predicted octanol–water partition coefficient (Wildman–Crippen LogP) is 0.192. The second kappa shape index (κ2) is 8.23. The summed E-state index contributed by atoms with van der Waals surface area (Å²) < 4.78 is 27.6. The largest absolute Gasteiger partial charge is 0.320 e. The second-order valence-corrected chi connectivity index (χ2v) is 6.07. The van der Waals surface area contributed by atoms with Gasteiger partial charge < -0.3 is 5.32 Å². The van der Waals surface area contributed by atoms with Crippen LogP contribution in [0.5, 0.6) is 0 Å². The zero-order chi connectivity index (χ0) is 13.3. The molecule has 104 valence electrons. The van der Waals surface area contributed by atoms with Gasteiger partial charge in [0, 0.05) is 25.5 Å². The minimum Gasteiger partial charge on any atom is -0.320 e. The lowest BCUT2D eigenvalue weighted by Crippen LogP contribution is -2.28. The Balaban J connectivity index is 2.09. The van der Waals surface area contributed by atoms with Crippen LogP contribution < -0.4 is 10.0 Å². The normalized spacial score (nSPS) is 11.8. The molecule has 0 bridgehead atoms. The lowest BCUT2D eigenvalue weighted by Gasteiger charge is -2.06. The summed E-state index contributed by atoms with van der Waals surface area (Å²) in [7, 11) is -1.25. The molecule has 18 heavy (non-hydrogen) atoms. The minimum atomic E-state index is -3.11. The van der Waals surface area contributed by atoms with Crippen molar-refractivity contribution in [3.63, 3.8) is 0 Å². The third-order valence-corrected chi connectivity index (χ3v) is 4.01. The first-order valence-electron chi connectivity index (χ1n) is 6.23. The molecule has 0 atom stereocenters. The first-order valence-corrected chi connectivity index (χ1v) is 7.88. The number of nitrogens with one attached hydrogen (secondary N) is 2. The van der Waals surface area contributed by atoms with Crippen LogP contribution in [0.2, 0.25) is 0 Å². The third kappa shape index (κ3) is 6.73. The summed E-state index contributed by atoms with van der Waals surface area (Å²) in [4.78, 5) is 0. The van der Waals surface area contributed by atoms with E-state index in [1.165, 1.54) is 0 Å². The van der Waals surface area contributed by atoms with Crippen LogP contribution in [0.3, 0.4) is 0 Å². The summed E-state index contributed by atoms with van der Waals surface area (Å²) in [5.41, 5.74) is 0. The van der Waals surface area contributed by atoms with E-state index in [0.717, 1.165) is 25.9 Å². The van der Waals surface area contributed by atoms with Gasteiger partial charge in [-0.05, 0) is 38.9 Å². The summed E-state index contributed by atoms with van der Waals surface area (Å²) in [5.74, 6) is 0.205. The summed E-state index contributed by atoms with van der Waals surface area (Å²) >= 11 is 0. The SMILES string of the molecule is CNCCCCS(=O)(=O)NCCCn1cccn1. The smallest absolute Gasteiger partial charge is 0.211 e. The first kappa shape index (κ1) is 15.1. The van der Waals surface area contributed by atoms with E-state index in [0.29, 0.717) is 13.0 Å². The molecule has 6 nitrogen and oxygen atoms in total. The van der Waals surface area contributed by atoms with Gasteiger partial charge in [0.1, 0.15) is 0 Å². The van der Waals surface area contributed by atoms with Gasteiger partial charge in [0.15, 0.2) is 0 Å². The molecule has 2 N–H and O–H groups in total. The molecule has 0 fully saturated rings. The Hall–Kier alpha value is -0.920. The summed E-state index contributed by atoms with van der Waals surface area (Å²) in [6.45, 7) is 2.05. The Morgan fingerprint density at radius 3 is 2.72 bits per heavy atom. The van der Waals surface area contributed by atoms with Gasteiger partial charge in [-0.15, -0.1) is 0 Å². The van der Waals surface area contributed by atoms with Gasteiger partial charge in [0.2, 0.25) is 10.0 Å². The summed E-state index contributed by atoms with van der Waals surface area (Å²) in [6, 6.07) is 1.85. The second-order valence-electron chi connectivity index (χ2n) is 4.15. The molecular weight excluding hydrogens is 252 g/mol. The highest BCUT2D eigenvalue weighted by molar-refractivity contribution is 7.89. The average Bonchev–Trinajstić information content (AvgIpc) is 2.83. The van der Waals surface area contributed by atoms with Crippen LogP contribution in [-0.4, -0.2) is 44.1 Å². The van der Waals surface area contributed by atoms with Crippen molar-refractivity contribution < 1.29 is 8.42 Å². The lowest BCUT2D eigenvalue weighted by atomic mass is 10.3. The molecule has 0 saturated carbocycles. The topological polar surface area (TPSA) is 76.0 Å². The fourth-order valence-electron chi connectivity index (χ4n) is 1.57. The minimum absolute atomic E-state index is 0.205. The van der Waals surface area contributed by atoms with E-state index < -0.39 is 10.0 Å². The molecule has 7 heteroatoms. The molecule has 0 aromatic carbocycles. The van der Waals surface area contributed by atoms with Crippen molar-refractivity contribution in [1.82, 2.24) is 19.8 Å². The van der Waals surface area contributed by atoms with Gasteiger partial charge in [-0.3, -0.25) is 4.68 Å². The highest BCUT2D eigenvalue weighted by atomic mass is 32.2. The van der Waals surface area contributed by atoms with Crippen LogP contribution in [0, 0.1) is 0 Å². The standard InChI is InChI=1S/C11H22N4O2S/c1-12-6-2-3-11-18(16,17)14-8-5-10-15-9-4-7-13-15/h4,7,9,12,14H,2-3,5-6,8,10-11H2,1H3. The molecule has 0 unspecified atom stereocenters. The number of aryl methyl sites for hydroxylation is 1. The maximum absolute atomic E-state index is 11.6.